The number of rotatable bonds is 4. The van der Waals surface area contributed by atoms with Crippen LogP contribution in [0.3, 0.4) is 0 Å². The molecular weight excluding hydrogens is 170 g/mol. The lowest BCUT2D eigenvalue weighted by Crippen LogP contribution is -2.49. The van der Waals surface area contributed by atoms with Crippen molar-refractivity contribution in [3.05, 3.63) is 0 Å². The normalized spacial score (nSPS) is 30.7. The number of nitrogens with zero attached hydrogens (tertiary/aromatic N) is 1. The quantitative estimate of drug-likeness (QED) is 0.533. The van der Waals surface area contributed by atoms with Gasteiger partial charge in [0.25, 0.3) is 0 Å². The SMILES string of the molecule is OCCN1CCC[C@@H](CO)[C@H]1CO. The Labute approximate surface area is 78.8 Å². The van der Waals surface area contributed by atoms with Gasteiger partial charge in [-0.3, -0.25) is 4.90 Å². The first-order chi connectivity index (χ1) is 6.33. The van der Waals surface area contributed by atoms with Gasteiger partial charge in [-0.1, -0.05) is 0 Å². The highest BCUT2D eigenvalue weighted by Crippen LogP contribution is 2.22. The van der Waals surface area contributed by atoms with Gasteiger partial charge in [0.2, 0.25) is 0 Å². The van der Waals surface area contributed by atoms with Crippen LogP contribution in [-0.2, 0) is 0 Å². The minimum absolute atomic E-state index is 0.0332. The number of aliphatic hydroxyl groups is 3. The molecule has 78 valence electrons. The number of β-amino-alcohol motifs (C(OH)–C–C–N with tert-alkyl or cyclic N) is 1. The van der Waals surface area contributed by atoms with Gasteiger partial charge in [-0.2, -0.15) is 0 Å². The lowest BCUT2D eigenvalue weighted by atomic mass is 9.90. The summed E-state index contributed by atoms with van der Waals surface area (Å²) in [6.45, 7) is 1.84. The van der Waals surface area contributed by atoms with Crippen molar-refractivity contribution in [2.75, 3.05) is 32.9 Å². The first kappa shape index (κ1) is 10.9. The zero-order valence-electron chi connectivity index (χ0n) is 7.89. The smallest absolute Gasteiger partial charge is 0.0590 e. The highest BCUT2D eigenvalue weighted by Gasteiger charge is 2.29. The second kappa shape index (κ2) is 5.54. The van der Waals surface area contributed by atoms with Gasteiger partial charge in [0.1, 0.15) is 0 Å². The Morgan fingerprint density at radius 2 is 1.92 bits per heavy atom. The predicted octanol–water partition coefficient (Wildman–Crippen LogP) is -0.956. The average molecular weight is 189 g/mol. The highest BCUT2D eigenvalue weighted by atomic mass is 16.3. The molecule has 0 aromatic rings. The molecule has 0 saturated carbocycles. The second-order valence-corrected chi connectivity index (χ2v) is 3.59. The van der Waals surface area contributed by atoms with Gasteiger partial charge in [0, 0.05) is 19.2 Å². The Bertz CT molecular complexity index is 141. The topological polar surface area (TPSA) is 63.9 Å². The van der Waals surface area contributed by atoms with E-state index in [1.54, 1.807) is 0 Å². The summed E-state index contributed by atoms with van der Waals surface area (Å²) in [5.41, 5.74) is 0. The molecule has 0 unspecified atom stereocenters. The fraction of sp³-hybridized carbons (Fsp3) is 1.00. The van der Waals surface area contributed by atoms with Crippen LogP contribution < -0.4 is 0 Å². The van der Waals surface area contributed by atoms with Crippen molar-refractivity contribution in [2.45, 2.75) is 18.9 Å². The number of aliphatic hydroxyl groups excluding tert-OH is 3. The molecule has 0 spiro atoms. The Morgan fingerprint density at radius 1 is 1.15 bits per heavy atom. The molecule has 4 heteroatoms. The molecule has 1 heterocycles. The van der Waals surface area contributed by atoms with Crippen molar-refractivity contribution in [2.24, 2.45) is 5.92 Å². The van der Waals surface area contributed by atoms with Crippen LogP contribution in [0.4, 0.5) is 0 Å². The number of hydrogen-bond acceptors (Lipinski definition) is 4. The molecule has 1 saturated heterocycles. The molecule has 1 aliphatic heterocycles. The molecular formula is C9H19NO3. The van der Waals surface area contributed by atoms with Crippen LogP contribution in [0.2, 0.25) is 0 Å². The molecule has 0 aromatic carbocycles. The maximum Gasteiger partial charge on any atom is 0.0590 e. The molecule has 0 aliphatic carbocycles. The molecule has 0 radical (unpaired) electrons. The molecule has 1 fully saturated rings. The van der Waals surface area contributed by atoms with Gasteiger partial charge in [-0.05, 0) is 25.3 Å². The van der Waals surface area contributed by atoms with Gasteiger partial charge in [-0.25, -0.2) is 0 Å². The second-order valence-electron chi connectivity index (χ2n) is 3.59. The Morgan fingerprint density at radius 3 is 2.46 bits per heavy atom. The summed E-state index contributed by atoms with van der Waals surface area (Å²) in [4.78, 5) is 2.06. The van der Waals surface area contributed by atoms with E-state index in [0.717, 1.165) is 19.4 Å². The van der Waals surface area contributed by atoms with Crippen LogP contribution in [0.5, 0.6) is 0 Å². The van der Waals surface area contributed by atoms with E-state index in [9.17, 15) is 0 Å². The van der Waals surface area contributed by atoms with Crippen molar-refractivity contribution in [3.63, 3.8) is 0 Å². The van der Waals surface area contributed by atoms with Crippen LogP contribution in [-0.4, -0.2) is 59.2 Å². The summed E-state index contributed by atoms with van der Waals surface area (Å²) < 4.78 is 0. The summed E-state index contributed by atoms with van der Waals surface area (Å²) in [6.07, 6.45) is 2.02. The van der Waals surface area contributed by atoms with Crippen molar-refractivity contribution in [1.29, 1.82) is 0 Å². The van der Waals surface area contributed by atoms with Crippen LogP contribution in [0.25, 0.3) is 0 Å². The van der Waals surface area contributed by atoms with E-state index >= 15 is 0 Å². The van der Waals surface area contributed by atoms with Gasteiger partial charge in [-0.15, -0.1) is 0 Å². The van der Waals surface area contributed by atoms with Crippen molar-refractivity contribution >= 4 is 0 Å². The zero-order valence-corrected chi connectivity index (χ0v) is 7.89. The maximum absolute atomic E-state index is 9.16. The lowest BCUT2D eigenvalue weighted by Gasteiger charge is -2.39. The van der Waals surface area contributed by atoms with Crippen molar-refractivity contribution < 1.29 is 15.3 Å². The van der Waals surface area contributed by atoms with Gasteiger partial charge < -0.3 is 15.3 Å². The fourth-order valence-electron chi connectivity index (χ4n) is 2.10. The Balaban J connectivity index is 2.50. The molecule has 1 rings (SSSR count). The average Bonchev–Trinajstić information content (AvgIpc) is 2.18. The van der Waals surface area contributed by atoms with Crippen LogP contribution in [0.15, 0.2) is 0 Å². The monoisotopic (exact) mass is 189 g/mol. The molecule has 4 nitrogen and oxygen atoms in total. The minimum Gasteiger partial charge on any atom is -0.396 e. The first-order valence-electron chi connectivity index (χ1n) is 4.90. The minimum atomic E-state index is 0.0332. The molecule has 0 amide bonds. The summed E-state index contributed by atoms with van der Waals surface area (Å²) in [6, 6.07) is 0.0332. The summed E-state index contributed by atoms with van der Waals surface area (Å²) in [5.74, 6) is 0.172. The van der Waals surface area contributed by atoms with E-state index in [0.29, 0.717) is 6.54 Å². The third-order valence-corrected chi connectivity index (χ3v) is 2.84. The standard InChI is InChI=1S/C9H19NO3/c11-5-4-10-3-1-2-8(6-12)9(10)7-13/h8-9,11-13H,1-7H2/t8-,9+/m0/s1. The molecule has 1 aliphatic rings. The van der Waals surface area contributed by atoms with Gasteiger partial charge in [0.15, 0.2) is 0 Å². The predicted molar refractivity (Wildman–Crippen MR) is 49.3 cm³/mol. The van der Waals surface area contributed by atoms with Crippen LogP contribution in [0.1, 0.15) is 12.8 Å². The highest BCUT2D eigenvalue weighted by molar-refractivity contribution is 4.83. The number of piperidine rings is 1. The third-order valence-electron chi connectivity index (χ3n) is 2.84. The first-order valence-corrected chi connectivity index (χ1v) is 4.90. The van der Waals surface area contributed by atoms with E-state index in [2.05, 4.69) is 4.90 Å². The summed E-state index contributed by atoms with van der Waals surface area (Å²) in [5, 5.41) is 27.0. The number of hydrogen-bond donors (Lipinski definition) is 3. The number of likely N-dealkylation sites (tertiary alicyclic amines) is 1. The van der Waals surface area contributed by atoms with E-state index in [1.807, 2.05) is 0 Å². The largest absolute Gasteiger partial charge is 0.396 e. The van der Waals surface area contributed by atoms with Crippen molar-refractivity contribution in [1.82, 2.24) is 4.90 Å². The van der Waals surface area contributed by atoms with E-state index in [1.165, 1.54) is 0 Å². The third kappa shape index (κ3) is 2.64. The Hall–Kier alpha value is -0.160. The molecule has 0 aromatic heterocycles. The molecule has 0 bridgehead atoms. The van der Waals surface area contributed by atoms with Gasteiger partial charge in [0.05, 0.1) is 13.2 Å². The lowest BCUT2D eigenvalue weighted by molar-refractivity contribution is 0.0126. The van der Waals surface area contributed by atoms with E-state index in [-0.39, 0.29) is 31.8 Å². The maximum atomic E-state index is 9.16. The molecule has 13 heavy (non-hydrogen) atoms. The van der Waals surface area contributed by atoms with Crippen LogP contribution >= 0.6 is 0 Å². The zero-order chi connectivity index (χ0) is 9.68. The van der Waals surface area contributed by atoms with E-state index in [4.69, 9.17) is 15.3 Å². The van der Waals surface area contributed by atoms with Crippen LogP contribution in [0, 0.1) is 5.92 Å². The Kier molecular flexibility index (Phi) is 4.66. The fourth-order valence-corrected chi connectivity index (χ4v) is 2.10. The van der Waals surface area contributed by atoms with E-state index < -0.39 is 0 Å². The summed E-state index contributed by atoms with van der Waals surface area (Å²) >= 11 is 0. The molecule has 2 atom stereocenters. The van der Waals surface area contributed by atoms with Gasteiger partial charge >= 0.3 is 0 Å². The van der Waals surface area contributed by atoms with Crippen molar-refractivity contribution in [3.8, 4) is 0 Å². The summed E-state index contributed by atoms with van der Waals surface area (Å²) in [7, 11) is 0. The molecule has 3 N–H and O–H groups in total.